The Morgan fingerprint density at radius 2 is 2.41 bits per heavy atom. The van der Waals surface area contributed by atoms with Crippen LogP contribution in [0, 0.1) is 18.3 Å². The molecule has 86 valence electrons. The summed E-state index contributed by atoms with van der Waals surface area (Å²) in [5, 5.41) is 14.8. The van der Waals surface area contributed by atoms with Gasteiger partial charge in [0.25, 0.3) is 0 Å². The highest BCUT2D eigenvalue weighted by atomic mass is 32.1. The number of thiazole rings is 1. The average Bonchev–Trinajstić information content (AvgIpc) is 2.73. The van der Waals surface area contributed by atoms with Gasteiger partial charge in [-0.15, -0.1) is 11.3 Å². The molecule has 0 saturated heterocycles. The molecule has 2 heterocycles. The number of nitrogens with one attached hydrogen (secondary N) is 1. The van der Waals surface area contributed by atoms with Crippen molar-refractivity contribution in [2.24, 2.45) is 0 Å². The van der Waals surface area contributed by atoms with Crippen LogP contribution in [-0.2, 0) is 6.54 Å². The second kappa shape index (κ2) is 4.80. The van der Waals surface area contributed by atoms with Gasteiger partial charge in [-0.05, 0) is 13.0 Å². The minimum Gasteiger partial charge on any atom is -0.396 e. The van der Waals surface area contributed by atoms with Gasteiger partial charge in [0.15, 0.2) is 0 Å². The van der Waals surface area contributed by atoms with Crippen molar-refractivity contribution >= 4 is 22.8 Å². The number of aromatic nitrogens is 2. The maximum absolute atomic E-state index is 8.69. The topological polar surface area (TPSA) is 87.6 Å². The Balaban J connectivity index is 2.07. The van der Waals surface area contributed by atoms with Crippen LogP contribution < -0.4 is 11.1 Å². The van der Waals surface area contributed by atoms with E-state index in [9.17, 15) is 0 Å². The molecule has 2 rings (SSSR count). The summed E-state index contributed by atoms with van der Waals surface area (Å²) in [6.07, 6.45) is 1.49. The van der Waals surface area contributed by atoms with Crippen molar-refractivity contribution in [2.45, 2.75) is 13.5 Å². The van der Waals surface area contributed by atoms with Crippen LogP contribution in [0.4, 0.5) is 11.5 Å². The second-order valence-electron chi connectivity index (χ2n) is 3.49. The average molecular weight is 245 g/mol. The fraction of sp³-hybridized carbons (Fsp3) is 0.182. The van der Waals surface area contributed by atoms with Crippen molar-refractivity contribution < 1.29 is 0 Å². The predicted molar refractivity (Wildman–Crippen MR) is 67.5 cm³/mol. The Labute approximate surface area is 103 Å². The number of nitrogens with two attached hydrogens (primary N) is 1. The molecule has 0 aromatic carbocycles. The smallest absolute Gasteiger partial charge is 0.149 e. The first-order valence-electron chi connectivity index (χ1n) is 4.99. The summed E-state index contributed by atoms with van der Waals surface area (Å²) in [4.78, 5) is 8.41. The Morgan fingerprint density at radius 1 is 1.59 bits per heavy atom. The van der Waals surface area contributed by atoms with Crippen LogP contribution >= 0.6 is 11.3 Å². The van der Waals surface area contributed by atoms with Gasteiger partial charge in [-0.2, -0.15) is 5.26 Å². The van der Waals surface area contributed by atoms with E-state index in [4.69, 9.17) is 11.0 Å². The van der Waals surface area contributed by atoms with Crippen molar-refractivity contribution in [3.05, 3.63) is 33.9 Å². The molecular weight excluding hydrogens is 234 g/mol. The van der Waals surface area contributed by atoms with Gasteiger partial charge in [0.2, 0.25) is 0 Å². The largest absolute Gasteiger partial charge is 0.396 e. The van der Waals surface area contributed by atoms with Gasteiger partial charge in [-0.25, -0.2) is 9.97 Å². The van der Waals surface area contributed by atoms with Gasteiger partial charge in [-0.3, -0.25) is 0 Å². The van der Waals surface area contributed by atoms with Crippen LogP contribution in [0.3, 0.4) is 0 Å². The van der Waals surface area contributed by atoms with Crippen molar-refractivity contribution in [3.63, 3.8) is 0 Å². The highest BCUT2D eigenvalue weighted by Crippen LogP contribution is 2.17. The lowest BCUT2D eigenvalue weighted by Crippen LogP contribution is -2.05. The number of pyridine rings is 1. The molecule has 0 aliphatic carbocycles. The van der Waals surface area contributed by atoms with Crippen molar-refractivity contribution in [1.29, 1.82) is 5.26 Å². The number of hydrogen-bond acceptors (Lipinski definition) is 6. The monoisotopic (exact) mass is 245 g/mol. The lowest BCUT2D eigenvalue weighted by atomic mass is 10.3. The SMILES string of the molecule is Cc1nc(CNc2ncc(C#N)cc2N)cs1. The molecule has 0 saturated carbocycles. The molecule has 0 amide bonds. The number of anilines is 2. The van der Waals surface area contributed by atoms with Crippen LogP contribution in [0.2, 0.25) is 0 Å². The maximum atomic E-state index is 8.69. The number of nitriles is 1. The van der Waals surface area contributed by atoms with Crippen molar-refractivity contribution in [1.82, 2.24) is 9.97 Å². The van der Waals surface area contributed by atoms with Crippen LogP contribution in [0.25, 0.3) is 0 Å². The van der Waals surface area contributed by atoms with Crippen LogP contribution in [0.15, 0.2) is 17.6 Å². The minimum atomic E-state index is 0.456. The van der Waals surface area contributed by atoms with Crippen molar-refractivity contribution in [3.8, 4) is 6.07 Å². The summed E-state index contributed by atoms with van der Waals surface area (Å²) in [7, 11) is 0. The van der Waals surface area contributed by atoms with Crippen LogP contribution in [0.5, 0.6) is 0 Å². The van der Waals surface area contributed by atoms with Gasteiger partial charge in [0.05, 0.1) is 28.5 Å². The summed E-state index contributed by atoms with van der Waals surface area (Å²) >= 11 is 1.60. The van der Waals surface area contributed by atoms with Gasteiger partial charge in [0, 0.05) is 11.6 Å². The maximum Gasteiger partial charge on any atom is 0.149 e. The summed E-state index contributed by atoms with van der Waals surface area (Å²) in [5.41, 5.74) is 7.65. The van der Waals surface area contributed by atoms with Crippen molar-refractivity contribution in [2.75, 3.05) is 11.1 Å². The highest BCUT2D eigenvalue weighted by molar-refractivity contribution is 7.09. The van der Waals surface area contributed by atoms with E-state index >= 15 is 0 Å². The molecule has 2 aromatic heterocycles. The molecule has 3 N–H and O–H groups in total. The Morgan fingerprint density at radius 3 is 3.00 bits per heavy atom. The van der Waals surface area contributed by atoms with E-state index < -0.39 is 0 Å². The fourth-order valence-electron chi connectivity index (χ4n) is 1.35. The zero-order valence-corrected chi connectivity index (χ0v) is 10.1. The Bertz CT molecular complexity index is 569. The quantitative estimate of drug-likeness (QED) is 0.862. The number of hydrogen-bond donors (Lipinski definition) is 2. The molecule has 0 spiro atoms. The van der Waals surface area contributed by atoms with E-state index in [-0.39, 0.29) is 0 Å². The van der Waals surface area contributed by atoms with Crippen LogP contribution in [0.1, 0.15) is 16.3 Å². The lowest BCUT2D eigenvalue weighted by molar-refractivity contribution is 1.04. The van der Waals surface area contributed by atoms with Crippen LogP contribution in [-0.4, -0.2) is 9.97 Å². The van der Waals surface area contributed by atoms with Gasteiger partial charge in [0.1, 0.15) is 11.9 Å². The number of nitrogens with zero attached hydrogens (tertiary/aromatic N) is 3. The molecule has 6 heteroatoms. The zero-order chi connectivity index (χ0) is 12.3. The van der Waals surface area contributed by atoms with Gasteiger partial charge < -0.3 is 11.1 Å². The number of nitrogen functional groups attached to an aromatic ring is 1. The molecule has 0 fully saturated rings. The molecule has 0 unspecified atom stereocenters. The number of rotatable bonds is 3. The van der Waals surface area contributed by atoms with E-state index in [1.165, 1.54) is 6.20 Å². The van der Waals surface area contributed by atoms with E-state index in [2.05, 4.69) is 15.3 Å². The molecule has 0 aliphatic heterocycles. The zero-order valence-electron chi connectivity index (χ0n) is 9.27. The number of aryl methyl sites for hydroxylation is 1. The summed E-state index contributed by atoms with van der Waals surface area (Å²) in [5.74, 6) is 0.578. The van der Waals surface area contributed by atoms with E-state index in [1.54, 1.807) is 17.4 Å². The lowest BCUT2D eigenvalue weighted by Gasteiger charge is -2.06. The first-order chi connectivity index (χ1) is 8.19. The third kappa shape index (κ3) is 2.71. The van der Waals surface area contributed by atoms with Gasteiger partial charge in [-0.1, -0.05) is 0 Å². The minimum absolute atomic E-state index is 0.456. The normalized spacial score (nSPS) is 9.88. The molecule has 0 atom stereocenters. The molecular formula is C11H11N5S. The summed E-state index contributed by atoms with van der Waals surface area (Å²) < 4.78 is 0. The van der Waals surface area contributed by atoms with E-state index in [0.29, 0.717) is 23.6 Å². The first-order valence-corrected chi connectivity index (χ1v) is 5.87. The molecule has 0 radical (unpaired) electrons. The second-order valence-corrected chi connectivity index (χ2v) is 4.55. The van der Waals surface area contributed by atoms with Gasteiger partial charge >= 0.3 is 0 Å². The highest BCUT2D eigenvalue weighted by Gasteiger charge is 2.03. The standard InChI is InChI=1S/C11H11N5S/c1-7-16-9(6-17-7)5-15-11-10(13)2-8(3-12)4-14-11/h2,4,6H,5,13H2,1H3,(H,14,15). The predicted octanol–water partition coefficient (Wildman–Crippen LogP) is 1.91. The third-order valence-electron chi connectivity index (χ3n) is 2.15. The Hall–Kier alpha value is -2.13. The fourth-order valence-corrected chi connectivity index (χ4v) is 1.97. The molecule has 5 nitrogen and oxygen atoms in total. The first kappa shape index (κ1) is 11.4. The van der Waals surface area contributed by atoms with E-state index in [1.807, 2.05) is 18.4 Å². The summed E-state index contributed by atoms with van der Waals surface area (Å²) in [6.45, 7) is 2.54. The van der Waals surface area contributed by atoms with E-state index in [0.717, 1.165) is 10.7 Å². The Kier molecular flexibility index (Phi) is 3.21. The molecule has 17 heavy (non-hydrogen) atoms. The molecule has 0 bridgehead atoms. The summed E-state index contributed by atoms with van der Waals surface area (Å²) in [6, 6.07) is 3.59. The molecule has 2 aromatic rings. The third-order valence-corrected chi connectivity index (χ3v) is 2.97. The molecule has 0 aliphatic rings.